The number of aryl methyl sites for hydroxylation is 1. The van der Waals surface area contributed by atoms with Gasteiger partial charge in [0.15, 0.2) is 0 Å². The molecule has 3 heteroatoms. The topological polar surface area (TPSA) is 41.1 Å². The molecule has 0 heterocycles. The second-order valence-electron chi connectivity index (χ2n) is 2.56. The minimum Gasteiger partial charge on any atom is -0.386 e. The third kappa shape index (κ3) is 3.47. The Kier molecular flexibility index (Phi) is 6.20. The Hall–Kier alpha value is -1.51. The monoisotopic (exact) mass is 194 g/mol. The molecule has 1 rings (SSSR count). The highest BCUT2D eigenvalue weighted by atomic mass is 16.1. The molecular formula is C11H18N2O. The van der Waals surface area contributed by atoms with E-state index in [1.54, 1.807) is 0 Å². The molecule has 0 unspecified atom stereocenters. The van der Waals surface area contributed by atoms with Crippen LogP contribution >= 0.6 is 0 Å². The van der Waals surface area contributed by atoms with Crippen LogP contribution in [0.15, 0.2) is 18.2 Å². The van der Waals surface area contributed by atoms with Crippen molar-refractivity contribution in [3.05, 3.63) is 23.8 Å². The number of hydrogen-bond acceptors (Lipinski definition) is 2. The minimum atomic E-state index is 0.676. The number of nitrogens with one attached hydrogen (secondary N) is 2. The van der Waals surface area contributed by atoms with Crippen LogP contribution in [0, 0.1) is 6.92 Å². The fraction of sp³-hybridized carbons (Fsp3) is 0.364. The fourth-order valence-corrected chi connectivity index (χ4v) is 1.06. The number of benzene rings is 1. The summed E-state index contributed by atoms with van der Waals surface area (Å²) in [5, 5.41) is 5.61. The Morgan fingerprint density at radius 2 is 1.86 bits per heavy atom. The van der Waals surface area contributed by atoms with E-state index < -0.39 is 0 Å². The van der Waals surface area contributed by atoms with E-state index in [4.69, 9.17) is 0 Å². The molecule has 1 aromatic rings. The quantitative estimate of drug-likeness (QED) is 0.726. The van der Waals surface area contributed by atoms with Gasteiger partial charge in [-0.05, 0) is 24.6 Å². The first-order valence-corrected chi connectivity index (χ1v) is 4.76. The molecule has 0 aliphatic carbocycles. The lowest BCUT2D eigenvalue weighted by molar-refractivity contribution is -0.105. The van der Waals surface area contributed by atoms with Crippen LogP contribution in [0.3, 0.4) is 0 Å². The highest BCUT2D eigenvalue weighted by Gasteiger charge is 1.98. The summed E-state index contributed by atoms with van der Waals surface area (Å²) in [4.78, 5) is 10.2. The van der Waals surface area contributed by atoms with Crippen LogP contribution in [0.5, 0.6) is 0 Å². The van der Waals surface area contributed by atoms with Crippen molar-refractivity contribution < 1.29 is 4.79 Å². The number of carbonyl (C=O) groups excluding carboxylic acids is 1. The van der Waals surface area contributed by atoms with Crippen molar-refractivity contribution in [3.8, 4) is 0 Å². The van der Waals surface area contributed by atoms with Gasteiger partial charge in [0.1, 0.15) is 0 Å². The van der Waals surface area contributed by atoms with Crippen LogP contribution in [0.1, 0.15) is 19.4 Å². The molecule has 1 aromatic carbocycles. The van der Waals surface area contributed by atoms with Crippen molar-refractivity contribution in [1.82, 2.24) is 0 Å². The fourth-order valence-electron chi connectivity index (χ4n) is 1.06. The standard InChI is InChI=1S/C9H12N2O.C2H6/c1-7-3-4-8(10-2)9(5-7)11-6-12;1-2/h3-6,10H,1-2H3,(H,11,12);1-2H3. The number of amides is 1. The van der Waals surface area contributed by atoms with Crippen LogP contribution in [-0.4, -0.2) is 13.5 Å². The van der Waals surface area contributed by atoms with E-state index in [-0.39, 0.29) is 0 Å². The van der Waals surface area contributed by atoms with E-state index >= 15 is 0 Å². The van der Waals surface area contributed by atoms with E-state index in [2.05, 4.69) is 10.6 Å². The number of rotatable bonds is 3. The second-order valence-corrected chi connectivity index (χ2v) is 2.56. The zero-order valence-electron chi connectivity index (χ0n) is 9.22. The molecule has 0 atom stereocenters. The third-order valence-electron chi connectivity index (χ3n) is 1.66. The Morgan fingerprint density at radius 1 is 1.21 bits per heavy atom. The molecule has 1 amide bonds. The van der Waals surface area contributed by atoms with Gasteiger partial charge in [-0.2, -0.15) is 0 Å². The molecule has 0 bridgehead atoms. The summed E-state index contributed by atoms with van der Waals surface area (Å²) in [6.45, 7) is 5.98. The van der Waals surface area contributed by atoms with Crippen LogP contribution in [0.4, 0.5) is 11.4 Å². The Morgan fingerprint density at radius 3 is 2.36 bits per heavy atom. The van der Waals surface area contributed by atoms with Gasteiger partial charge in [-0.1, -0.05) is 19.9 Å². The molecule has 0 saturated heterocycles. The summed E-state index contributed by atoms with van der Waals surface area (Å²) in [5.41, 5.74) is 2.86. The van der Waals surface area contributed by atoms with Gasteiger partial charge in [-0.15, -0.1) is 0 Å². The highest BCUT2D eigenvalue weighted by Crippen LogP contribution is 2.21. The van der Waals surface area contributed by atoms with E-state index in [0.717, 1.165) is 16.9 Å². The van der Waals surface area contributed by atoms with Crippen molar-refractivity contribution in [3.63, 3.8) is 0 Å². The second kappa shape index (κ2) is 6.95. The first-order chi connectivity index (χ1) is 6.77. The summed E-state index contributed by atoms with van der Waals surface area (Å²) in [6, 6.07) is 5.84. The molecule has 0 radical (unpaired) electrons. The molecule has 0 aliphatic rings. The molecule has 2 N–H and O–H groups in total. The summed E-state index contributed by atoms with van der Waals surface area (Å²) in [5.74, 6) is 0. The van der Waals surface area contributed by atoms with Gasteiger partial charge in [0.2, 0.25) is 6.41 Å². The predicted octanol–water partition coefficient (Wildman–Crippen LogP) is 2.63. The number of hydrogen-bond donors (Lipinski definition) is 2. The van der Waals surface area contributed by atoms with Crippen molar-refractivity contribution in [2.75, 3.05) is 17.7 Å². The lowest BCUT2D eigenvalue weighted by Gasteiger charge is -2.07. The largest absolute Gasteiger partial charge is 0.386 e. The minimum absolute atomic E-state index is 0.676. The Balaban J connectivity index is 0.000000791. The zero-order chi connectivity index (χ0) is 11.0. The smallest absolute Gasteiger partial charge is 0.211 e. The SMILES string of the molecule is CC.CNc1ccc(C)cc1NC=O. The van der Waals surface area contributed by atoms with Gasteiger partial charge in [0.05, 0.1) is 11.4 Å². The maximum atomic E-state index is 10.2. The summed E-state index contributed by atoms with van der Waals surface area (Å²) in [7, 11) is 1.82. The Labute approximate surface area is 85.5 Å². The van der Waals surface area contributed by atoms with Crippen LogP contribution in [-0.2, 0) is 4.79 Å². The molecular weight excluding hydrogens is 176 g/mol. The first-order valence-electron chi connectivity index (χ1n) is 4.76. The van der Waals surface area contributed by atoms with Crippen molar-refractivity contribution >= 4 is 17.8 Å². The van der Waals surface area contributed by atoms with Crippen molar-refractivity contribution in [2.45, 2.75) is 20.8 Å². The lowest BCUT2D eigenvalue weighted by Crippen LogP contribution is -1.99. The molecule has 14 heavy (non-hydrogen) atoms. The highest BCUT2D eigenvalue weighted by molar-refractivity contribution is 5.81. The lowest BCUT2D eigenvalue weighted by atomic mass is 10.2. The van der Waals surface area contributed by atoms with Crippen molar-refractivity contribution in [2.24, 2.45) is 0 Å². The molecule has 0 aromatic heterocycles. The van der Waals surface area contributed by atoms with E-state index in [0.29, 0.717) is 6.41 Å². The van der Waals surface area contributed by atoms with Gasteiger partial charge in [-0.25, -0.2) is 0 Å². The maximum Gasteiger partial charge on any atom is 0.211 e. The van der Waals surface area contributed by atoms with Gasteiger partial charge in [-0.3, -0.25) is 4.79 Å². The van der Waals surface area contributed by atoms with E-state index in [1.165, 1.54) is 0 Å². The average molecular weight is 194 g/mol. The van der Waals surface area contributed by atoms with Gasteiger partial charge < -0.3 is 10.6 Å². The summed E-state index contributed by atoms with van der Waals surface area (Å²) < 4.78 is 0. The third-order valence-corrected chi connectivity index (χ3v) is 1.66. The molecule has 78 valence electrons. The van der Waals surface area contributed by atoms with Gasteiger partial charge >= 0.3 is 0 Å². The summed E-state index contributed by atoms with van der Waals surface area (Å²) >= 11 is 0. The predicted molar refractivity (Wildman–Crippen MR) is 61.8 cm³/mol. The summed E-state index contributed by atoms with van der Waals surface area (Å²) in [6.07, 6.45) is 0.676. The molecule has 0 spiro atoms. The zero-order valence-corrected chi connectivity index (χ0v) is 9.22. The molecule has 3 nitrogen and oxygen atoms in total. The number of anilines is 2. The Bertz CT molecular complexity index is 285. The maximum absolute atomic E-state index is 10.2. The average Bonchev–Trinajstić information content (AvgIpc) is 2.22. The van der Waals surface area contributed by atoms with Crippen LogP contribution < -0.4 is 10.6 Å². The molecule has 0 fully saturated rings. The van der Waals surface area contributed by atoms with Gasteiger partial charge in [0.25, 0.3) is 0 Å². The van der Waals surface area contributed by atoms with Crippen LogP contribution in [0.2, 0.25) is 0 Å². The normalized spacial score (nSPS) is 8.29. The van der Waals surface area contributed by atoms with Gasteiger partial charge in [0, 0.05) is 7.05 Å². The molecule has 0 aliphatic heterocycles. The van der Waals surface area contributed by atoms with Crippen molar-refractivity contribution in [1.29, 1.82) is 0 Å². The first kappa shape index (κ1) is 12.5. The number of carbonyl (C=O) groups is 1. The van der Waals surface area contributed by atoms with E-state index in [9.17, 15) is 4.79 Å². The van der Waals surface area contributed by atoms with E-state index in [1.807, 2.05) is 46.0 Å². The molecule has 0 saturated carbocycles. The van der Waals surface area contributed by atoms with Crippen LogP contribution in [0.25, 0.3) is 0 Å².